The lowest BCUT2D eigenvalue weighted by atomic mass is 9.82. The van der Waals surface area contributed by atoms with E-state index in [4.69, 9.17) is 0 Å². The zero-order valence-corrected chi connectivity index (χ0v) is 20.9. The Balaban J connectivity index is 2.09. The van der Waals surface area contributed by atoms with Gasteiger partial charge in [0.1, 0.15) is 0 Å². The van der Waals surface area contributed by atoms with Crippen molar-refractivity contribution in [2.45, 2.75) is 71.1 Å². The predicted octanol–water partition coefficient (Wildman–Crippen LogP) is 4.87. The molecule has 8 heteroatoms. The van der Waals surface area contributed by atoms with Crippen LogP contribution in [-0.4, -0.2) is 44.0 Å². The number of rotatable bonds is 16. The first-order chi connectivity index (χ1) is 17.2. The lowest BCUT2D eigenvalue weighted by molar-refractivity contribution is -0.147. The second-order valence-corrected chi connectivity index (χ2v) is 9.37. The maximum Gasteiger partial charge on any atom is 0.307 e. The molecule has 0 aliphatic rings. The highest BCUT2D eigenvalue weighted by Gasteiger charge is 2.34. The van der Waals surface area contributed by atoms with Gasteiger partial charge in [0.2, 0.25) is 5.91 Å². The van der Waals surface area contributed by atoms with Crippen LogP contribution in [0.3, 0.4) is 0 Å². The van der Waals surface area contributed by atoms with Crippen molar-refractivity contribution in [3.8, 4) is 23.0 Å². The average molecular weight is 502 g/mol. The van der Waals surface area contributed by atoms with Gasteiger partial charge in [0, 0.05) is 6.54 Å². The Kier molecular flexibility index (Phi) is 11.9. The lowest BCUT2D eigenvalue weighted by Gasteiger charge is -2.24. The van der Waals surface area contributed by atoms with E-state index in [2.05, 4.69) is 12.2 Å². The van der Waals surface area contributed by atoms with Gasteiger partial charge < -0.3 is 30.8 Å². The molecule has 0 aliphatic carbocycles. The van der Waals surface area contributed by atoms with Gasteiger partial charge in [-0.1, -0.05) is 64.0 Å². The highest BCUT2D eigenvalue weighted by molar-refractivity contribution is 5.85. The van der Waals surface area contributed by atoms with Crippen molar-refractivity contribution in [1.82, 2.24) is 5.32 Å². The Morgan fingerprint density at radius 1 is 0.694 bits per heavy atom. The Labute approximate surface area is 212 Å². The molecule has 2 atom stereocenters. The van der Waals surface area contributed by atoms with E-state index < -0.39 is 23.7 Å². The summed E-state index contributed by atoms with van der Waals surface area (Å²) in [6.07, 6.45) is 8.98. The van der Waals surface area contributed by atoms with Crippen LogP contribution in [0.1, 0.15) is 69.4 Å². The van der Waals surface area contributed by atoms with E-state index in [1.54, 1.807) is 6.07 Å². The number of carbonyl (C=O) groups is 2. The molecule has 0 saturated heterocycles. The van der Waals surface area contributed by atoms with Crippen LogP contribution in [-0.2, 0) is 22.4 Å². The molecular formula is C28H39NO7. The Morgan fingerprint density at radius 2 is 1.17 bits per heavy atom. The SMILES string of the molecule is CCCCCCCCCCNC(=O)C(Cc1ccc(O)c(O)c1)C(Cc1ccc(O)c(O)c1)C(=O)O. The summed E-state index contributed by atoms with van der Waals surface area (Å²) in [6.45, 7) is 2.63. The largest absolute Gasteiger partial charge is 0.504 e. The number of phenolic OH excluding ortho intramolecular Hbond substituents is 4. The summed E-state index contributed by atoms with van der Waals surface area (Å²) >= 11 is 0. The van der Waals surface area contributed by atoms with Crippen molar-refractivity contribution in [2.24, 2.45) is 11.8 Å². The van der Waals surface area contributed by atoms with Gasteiger partial charge in [-0.25, -0.2) is 0 Å². The van der Waals surface area contributed by atoms with Crippen LogP contribution in [0.25, 0.3) is 0 Å². The summed E-state index contributed by atoms with van der Waals surface area (Å²) in [6, 6.07) is 8.23. The van der Waals surface area contributed by atoms with Gasteiger partial charge in [-0.05, 0) is 54.7 Å². The third kappa shape index (κ3) is 9.32. The first-order valence-electron chi connectivity index (χ1n) is 12.7. The van der Waals surface area contributed by atoms with Crippen molar-refractivity contribution >= 4 is 11.9 Å². The van der Waals surface area contributed by atoms with E-state index >= 15 is 0 Å². The van der Waals surface area contributed by atoms with E-state index in [0.717, 1.165) is 19.3 Å². The molecule has 0 radical (unpaired) electrons. The fourth-order valence-corrected chi connectivity index (χ4v) is 4.32. The third-order valence-corrected chi connectivity index (χ3v) is 6.46. The fraction of sp³-hybridized carbons (Fsp3) is 0.500. The molecule has 8 nitrogen and oxygen atoms in total. The number of amides is 1. The molecule has 2 rings (SSSR count). The first-order valence-corrected chi connectivity index (χ1v) is 12.7. The number of aromatic hydroxyl groups is 4. The number of benzene rings is 2. The number of carbonyl (C=O) groups excluding carboxylic acids is 1. The van der Waals surface area contributed by atoms with Gasteiger partial charge in [0.25, 0.3) is 0 Å². The first kappa shape index (κ1) is 28.8. The highest BCUT2D eigenvalue weighted by Crippen LogP contribution is 2.31. The van der Waals surface area contributed by atoms with Crippen molar-refractivity contribution in [2.75, 3.05) is 6.54 Å². The predicted molar refractivity (Wildman–Crippen MR) is 137 cm³/mol. The number of nitrogens with one attached hydrogen (secondary N) is 1. The molecule has 0 aromatic heterocycles. The van der Waals surface area contributed by atoms with Crippen LogP contribution in [0.5, 0.6) is 23.0 Å². The number of hydrogen-bond donors (Lipinski definition) is 6. The van der Waals surface area contributed by atoms with Crippen molar-refractivity contribution in [3.05, 3.63) is 47.5 Å². The molecule has 6 N–H and O–H groups in total. The Hall–Kier alpha value is -3.42. The van der Waals surface area contributed by atoms with Gasteiger partial charge in [0.05, 0.1) is 11.8 Å². The van der Waals surface area contributed by atoms with Crippen LogP contribution >= 0.6 is 0 Å². The molecule has 2 aromatic carbocycles. The highest BCUT2D eigenvalue weighted by atomic mass is 16.4. The molecule has 0 fully saturated rings. The standard InChI is InChI=1S/C28H39NO7/c1-2-3-4-5-6-7-8-9-14-29-27(34)21(15-19-10-12-23(30)25(32)17-19)22(28(35)36)16-20-11-13-24(31)26(33)18-20/h10-13,17-18,21-22,30-33H,2-9,14-16H2,1H3,(H,29,34)(H,35,36). The van der Waals surface area contributed by atoms with Crippen LogP contribution in [0.15, 0.2) is 36.4 Å². The summed E-state index contributed by atoms with van der Waals surface area (Å²) < 4.78 is 0. The molecule has 2 aromatic rings. The van der Waals surface area contributed by atoms with Gasteiger partial charge in [0.15, 0.2) is 23.0 Å². The maximum atomic E-state index is 13.2. The molecule has 0 saturated carbocycles. The monoisotopic (exact) mass is 501 g/mol. The molecule has 0 bridgehead atoms. The number of carboxylic acid groups (broad SMARTS) is 1. The quantitative estimate of drug-likeness (QED) is 0.142. The second-order valence-electron chi connectivity index (χ2n) is 9.37. The summed E-state index contributed by atoms with van der Waals surface area (Å²) in [5.74, 6) is -4.98. The molecule has 0 heterocycles. The summed E-state index contributed by atoms with van der Waals surface area (Å²) in [5, 5.41) is 51.7. The number of phenols is 4. The zero-order valence-electron chi connectivity index (χ0n) is 20.9. The smallest absolute Gasteiger partial charge is 0.307 e. The topological polar surface area (TPSA) is 147 Å². The van der Waals surface area contributed by atoms with Gasteiger partial charge in [-0.2, -0.15) is 0 Å². The minimum Gasteiger partial charge on any atom is -0.504 e. The number of hydrogen-bond acceptors (Lipinski definition) is 6. The fourth-order valence-electron chi connectivity index (χ4n) is 4.32. The van der Waals surface area contributed by atoms with Crippen LogP contribution in [0, 0.1) is 11.8 Å². The van der Waals surface area contributed by atoms with Gasteiger partial charge in [-0.15, -0.1) is 0 Å². The normalized spacial score (nSPS) is 12.7. The molecule has 1 amide bonds. The van der Waals surface area contributed by atoms with E-state index in [0.29, 0.717) is 17.7 Å². The summed E-state index contributed by atoms with van der Waals surface area (Å²) in [4.78, 5) is 25.4. The molecule has 0 spiro atoms. The minimum absolute atomic E-state index is 0.0386. The van der Waals surface area contributed by atoms with Crippen molar-refractivity contribution in [3.63, 3.8) is 0 Å². The minimum atomic E-state index is -1.17. The van der Waals surface area contributed by atoms with E-state index in [1.165, 1.54) is 62.4 Å². The van der Waals surface area contributed by atoms with Crippen LogP contribution < -0.4 is 5.32 Å². The van der Waals surface area contributed by atoms with E-state index in [1.807, 2.05) is 0 Å². The van der Waals surface area contributed by atoms with E-state index in [-0.39, 0.29) is 35.8 Å². The van der Waals surface area contributed by atoms with Gasteiger partial charge >= 0.3 is 5.97 Å². The molecule has 0 aliphatic heterocycles. The Morgan fingerprint density at radius 3 is 1.64 bits per heavy atom. The number of unbranched alkanes of at least 4 members (excludes halogenated alkanes) is 7. The molecule has 198 valence electrons. The second kappa shape index (κ2) is 14.9. The zero-order chi connectivity index (χ0) is 26.5. The van der Waals surface area contributed by atoms with Crippen molar-refractivity contribution in [1.29, 1.82) is 0 Å². The maximum absolute atomic E-state index is 13.2. The van der Waals surface area contributed by atoms with E-state index in [9.17, 15) is 35.1 Å². The summed E-state index contributed by atoms with van der Waals surface area (Å²) in [7, 11) is 0. The Bertz CT molecular complexity index is 992. The molecular weight excluding hydrogens is 462 g/mol. The molecule has 2 unspecified atom stereocenters. The van der Waals surface area contributed by atoms with Crippen molar-refractivity contribution < 1.29 is 35.1 Å². The molecule has 36 heavy (non-hydrogen) atoms. The third-order valence-electron chi connectivity index (χ3n) is 6.46. The average Bonchev–Trinajstić information content (AvgIpc) is 2.84. The lowest BCUT2D eigenvalue weighted by Crippen LogP contribution is -2.40. The number of carboxylic acids is 1. The van der Waals surface area contributed by atoms with Crippen LogP contribution in [0.4, 0.5) is 0 Å². The van der Waals surface area contributed by atoms with Gasteiger partial charge in [-0.3, -0.25) is 9.59 Å². The number of aliphatic carboxylic acids is 1. The summed E-state index contributed by atoms with van der Waals surface area (Å²) in [5.41, 5.74) is 0.976. The van der Waals surface area contributed by atoms with Crippen LogP contribution in [0.2, 0.25) is 0 Å².